The predicted octanol–water partition coefficient (Wildman–Crippen LogP) is 2.40. The minimum absolute atomic E-state index is 0.0975. The molecule has 0 saturated heterocycles. The number of amides is 1. The van der Waals surface area contributed by atoms with Crippen LogP contribution >= 0.6 is 0 Å². The summed E-state index contributed by atoms with van der Waals surface area (Å²) < 4.78 is 16.3. The molecule has 1 amide bonds. The van der Waals surface area contributed by atoms with Crippen LogP contribution in [0.3, 0.4) is 0 Å². The van der Waals surface area contributed by atoms with Gasteiger partial charge in [-0.3, -0.25) is 18.8 Å². The largest absolute Gasteiger partial charge is 0.352 e. The molecule has 0 saturated carbocycles. The Kier molecular flexibility index (Phi) is 4.97. The third-order valence-electron chi connectivity index (χ3n) is 4.03. The van der Waals surface area contributed by atoms with Gasteiger partial charge in [-0.05, 0) is 35.9 Å². The first-order valence-corrected chi connectivity index (χ1v) is 8.26. The lowest BCUT2D eigenvalue weighted by molar-refractivity contribution is -0.120. The fraction of sp³-hybridized carbons (Fsp3) is 0.211. The standard InChI is InChI=1S/C19H19FN4O2/c1-3-18(25)21-11-13-10-19(26)24(15-6-4-14(20)5-7-15)12-16(13)17-8-9-23(2)22-17/h4-10,12H,3,11H2,1-2H3,(H,21,25). The maximum atomic E-state index is 13.2. The molecule has 0 radical (unpaired) electrons. The second-order valence-corrected chi connectivity index (χ2v) is 5.90. The third kappa shape index (κ3) is 3.72. The molecule has 6 nitrogen and oxygen atoms in total. The molecule has 0 fully saturated rings. The van der Waals surface area contributed by atoms with Gasteiger partial charge in [-0.1, -0.05) is 6.92 Å². The van der Waals surface area contributed by atoms with Crippen LogP contribution in [0.1, 0.15) is 18.9 Å². The number of hydrogen-bond acceptors (Lipinski definition) is 3. The van der Waals surface area contributed by atoms with Crippen LogP contribution in [0.15, 0.2) is 53.6 Å². The van der Waals surface area contributed by atoms with E-state index in [-0.39, 0.29) is 23.8 Å². The van der Waals surface area contributed by atoms with Crippen molar-refractivity contribution in [3.63, 3.8) is 0 Å². The van der Waals surface area contributed by atoms with Gasteiger partial charge in [-0.2, -0.15) is 5.10 Å². The molecule has 7 heteroatoms. The second-order valence-electron chi connectivity index (χ2n) is 5.90. The Morgan fingerprint density at radius 3 is 2.58 bits per heavy atom. The molecule has 0 aliphatic carbocycles. The summed E-state index contributed by atoms with van der Waals surface area (Å²) >= 11 is 0. The van der Waals surface area contributed by atoms with Crippen LogP contribution in [-0.4, -0.2) is 20.3 Å². The molecule has 0 spiro atoms. The van der Waals surface area contributed by atoms with Crippen molar-refractivity contribution in [3.8, 4) is 16.9 Å². The molecular formula is C19H19FN4O2. The summed E-state index contributed by atoms with van der Waals surface area (Å²) in [6.07, 6.45) is 3.84. The number of pyridine rings is 1. The molecule has 2 heterocycles. The number of nitrogens with zero attached hydrogens (tertiary/aromatic N) is 3. The Labute approximate surface area is 149 Å². The Bertz CT molecular complexity index is 990. The average Bonchev–Trinajstić information content (AvgIpc) is 3.06. The Hall–Kier alpha value is -3.22. The first-order valence-electron chi connectivity index (χ1n) is 8.26. The molecule has 2 aromatic heterocycles. The number of rotatable bonds is 5. The van der Waals surface area contributed by atoms with Crippen LogP contribution < -0.4 is 10.9 Å². The molecule has 3 aromatic rings. The number of nitrogens with one attached hydrogen (secondary N) is 1. The van der Waals surface area contributed by atoms with Gasteiger partial charge in [0.2, 0.25) is 5.91 Å². The van der Waals surface area contributed by atoms with E-state index in [1.165, 1.54) is 34.9 Å². The molecule has 1 N–H and O–H groups in total. The maximum absolute atomic E-state index is 13.2. The summed E-state index contributed by atoms with van der Waals surface area (Å²) in [4.78, 5) is 24.2. The van der Waals surface area contributed by atoms with Crippen molar-refractivity contribution in [3.05, 3.63) is 70.5 Å². The van der Waals surface area contributed by atoms with Crippen molar-refractivity contribution in [1.82, 2.24) is 19.7 Å². The fourth-order valence-corrected chi connectivity index (χ4v) is 2.63. The van der Waals surface area contributed by atoms with E-state index in [2.05, 4.69) is 10.4 Å². The van der Waals surface area contributed by atoms with E-state index >= 15 is 0 Å². The van der Waals surface area contributed by atoms with E-state index in [0.29, 0.717) is 23.4 Å². The summed E-state index contributed by atoms with van der Waals surface area (Å²) in [5.74, 6) is -0.467. The highest BCUT2D eigenvalue weighted by Crippen LogP contribution is 2.22. The van der Waals surface area contributed by atoms with E-state index in [0.717, 1.165) is 5.56 Å². The molecular weight excluding hydrogens is 335 g/mol. The van der Waals surface area contributed by atoms with Gasteiger partial charge in [0, 0.05) is 49.7 Å². The van der Waals surface area contributed by atoms with E-state index in [4.69, 9.17) is 0 Å². The summed E-state index contributed by atoms with van der Waals surface area (Å²) in [6.45, 7) is 2.00. The first kappa shape index (κ1) is 17.6. The van der Waals surface area contributed by atoms with Crippen molar-refractivity contribution >= 4 is 5.91 Å². The van der Waals surface area contributed by atoms with Gasteiger partial charge in [-0.15, -0.1) is 0 Å². The smallest absolute Gasteiger partial charge is 0.255 e. The highest BCUT2D eigenvalue weighted by Gasteiger charge is 2.13. The van der Waals surface area contributed by atoms with Crippen molar-refractivity contribution in [2.75, 3.05) is 0 Å². The lowest BCUT2D eigenvalue weighted by Crippen LogP contribution is -2.25. The molecule has 0 aliphatic rings. The molecule has 1 aromatic carbocycles. The van der Waals surface area contributed by atoms with Gasteiger partial charge < -0.3 is 5.32 Å². The van der Waals surface area contributed by atoms with Gasteiger partial charge in [0.1, 0.15) is 5.82 Å². The quantitative estimate of drug-likeness (QED) is 0.765. The fourth-order valence-electron chi connectivity index (χ4n) is 2.63. The molecule has 26 heavy (non-hydrogen) atoms. The number of aromatic nitrogens is 3. The maximum Gasteiger partial charge on any atom is 0.255 e. The number of carbonyl (C=O) groups excluding carboxylic acids is 1. The van der Waals surface area contributed by atoms with Gasteiger partial charge in [0.05, 0.1) is 5.69 Å². The zero-order valence-corrected chi connectivity index (χ0v) is 14.6. The SMILES string of the molecule is CCC(=O)NCc1cc(=O)n(-c2ccc(F)cc2)cc1-c1ccn(C)n1. The molecule has 3 rings (SSSR count). The lowest BCUT2D eigenvalue weighted by Gasteiger charge is -2.13. The Balaban J connectivity index is 2.10. The number of carbonyl (C=O) groups is 1. The van der Waals surface area contributed by atoms with Crippen LogP contribution in [0, 0.1) is 5.82 Å². The highest BCUT2D eigenvalue weighted by molar-refractivity contribution is 5.76. The van der Waals surface area contributed by atoms with E-state index in [1.807, 2.05) is 6.07 Å². The minimum Gasteiger partial charge on any atom is -0.352 e. The van der Waals surface area contributed by atoms with Gasteiger partial charge >= 0.3 is 0 Å². The number of benzene rings is 1. The van der Waals surface area contributed by atoms with Crippen molar-refractivity contribution in [2.24, 2.45) is 7.05 Å². The Morgan fingerprint density at radius 1 is 1.23 bits per heavy atom. The summed E-state index contributed by atoms with van der Waals surface area (Å²) in [5, 5.41) is 7.18. The van der Waals surface area contributed by atoms with E-state index in [9.17, 15) is 14.0 Å². The van der Waals surface area contributed by atoms with Crippen LogP contribution in [0.2, 0.25) is 0 Å². The van der Waals surface area contributed by atoms with Crippen molar-refractivity contribution in [1.29, 1.82) is 0 Å². The second kappa shape index (κ2) is 7.35. The number of halogens is 1. The molecule has 0 unspecified atom stereocenters. The monoisotopic (exact) mass is 354 g/mol. The third-order valence-corrected chi connectivity index (χ3v) is 4.03. The predicted molar refractivity (Wildman–Crippen MR) is 96.3 cm³/mol. The minimum atomic E-state index is -0.370. The van der Waals surface area contributed by atoms with Gasteiger partial charge in [0.15, 0.2) is 0 Å². The van der Waals surface area contributed by atoms with Crippen LogP contribution in [0.4, 0.5) is 4.39 Å². The first-order chi connectivity index (χ1) is 12.5. The van der Waals surface area contributed by atoms with Crippen molar-refractivity contribution < 1.29 is 9.18 Å². The molecule has 0 aliphatic heterocycles. The van der Waals surface area contributed by atoms with Gasteiger partial charge in [-0.25, -0.2) is 4.39 Å². The van der Waals surface area contributed by atoms with Crippen LogP contribution in [0.25, 0.3) is 16.9 Å². The topological polar surface area (TPSA) is 68.9 Å². The molecule has 0 bridgehead atoms. The number of hydrogen-bond donors (Lipinski definition) is 1. The normalized spacial score (nSPS) is 10.7. The van der Waals surface area contributed by atoms with Gasteiger partial charge in [0.25, 0.3) is 5.56 Å². The lowest BCUT2D eigenvalue weighted by atomic mass is 10.1. The average molecular weight is 354 g/mol. The number of aryl methyl sites for hydroxylation is 1. The van der Waals surface area contributed by atoms with E-state index in [1.54, 1.807) is 31.0 Å². The van der Waals surface area contributed by atoms with Crippen molar-refractivity contribution in [2.45, 2.75) is 19.9 Å². The Morgan fingerprint density at radius 2 is 1.96 bits per heavy atom. The van der Waals surface area contributed by atoms with E-state index < -0.39 is 0 Å². The molecule has 134 valence electrons. The summed E-state index contributed by atoms with van der Waals surface area (Å²) in [6, 6.07) is 8.99. The summed E-state index contributed by atoms with van der Waals surface area (Å²) in [5.41, 5.74) is 2.37. The summed E-state index contributed by atoms with van der Waals surface area (Å²) in [7, 11) is 1.80. The van der Waals surface area contributed by atoms with Crippen LogP contribution in [-0.2, 0) is 18.4 Å². The molecule has 0 atom stereocenters. The zero-order chi connectivity index (χ0) is 18.7. The highest BCUT2D eigenvalue weighted by atomic mass is 19.1. The van der Waals surface area contributed by atoms with Crippen LogP contribution in [0.5, 0.6) is 0 Å². The zero-order valence-electron chi connectivity index (χ0n) is 14.6.